The van der Waals surface area contributed by atoms with E-state index in [0.717, 1.165) is 9.13 Å². The molecule has 8 N–H and O–H groups in total. The van der Waals surface area contributed by atoms with Crippen molar-refractivity contribution in [3.05, 3.63) is 31.3 Å². The van der Waals surface area contributed by atoms with Crippen molar-refractivity contribution in [2.45, 2.75) is 44.2 Å². The molecule has 3 atom stereocenters. The third kappa shape index (κ3) is 5.51. The Balaban J connectivity index is 2.42. The molecular formula is C14H23N4O10P. The number of aliphatic hydroxyl groups is 4. The summed E-state index contributed by atoms with van der Waals surface area (Å²) < 4.78 is 12.7. The summed E-state index contributed by atoms with van der Waals surface area (Å²) in [6.07, 6.45) is -5.40. The second-order valence-corrected chi connectivity index (χ2v) is 8.33. The van der Waals surface area contributed by atoms with E-state index in [1.165, 1.54) is 0 Å². The van der Waals surface area contributed by atoms with Crippen LogP contribution in [-0.2, 0) is 17.7 Å². The molecule has 0 aliphatic rings. The molecule has 2 aromatic rings. The molecule has 0 spiro atoms. The number of hydrogen-bond donors (Lipinski definition) is 8. The predicted molar refractivity (Wildman–Crippen MR) is 98.7 cm³/mol. The number of hydrogen-bond acceptors (Lipinski definition) is 8. The van der Waals surface area contributed by atoms with Gasteiger partial charge in [-0.15, -0.1) is 0 Å². The first kappa shape index (κ1) is 23.2. The Bertz CT molecular complexity index is 1060. The van der Waals surface area contributed by atoms with Crippen LogP contribution in [0.5, 0.6) is 0 Å². The lowest BCUT2D eigenvalue weighted by molar-refractivity contribution is -0.0806. The quantitative estimate of drug-likeness (QED) is 0.133. The second kappa shape index (κ2) is 9.17. The van der Waals surface area contributed by atoms with E-state index in [4.69, 9.17) is 14.9 Å². The standard InChI is InChI=1S/C14H23N4O10P/c19-6-8(21)10(22)7(20)5-18-11-9(12(23)16-13(24)15-11)17(14(18)25)3-1-2-4-29(26,27)28/h7-8,10,19-22H,1-6H2,(H2,26,27,28)(H2,15,16,23,24)/t7-,8+,10-/m0/s1. The smallest absolute Gasteiger partial charge is 0.330 e. The maximum atomic E-state index is 12.7. The summed E-state index contributed by atoms with van der Waals surface area (Å²) in [5.74, 6) is 0. The van der Waals surface area contributed by atoms with Gasteiger partial charge in [0.2, 0.25) is 0 Å². The van der Waals surface area contributed by atoms with Crippen molar-refractivity contribution >= 4 is 18.8 Å². The van der Waals surface area contributed by atoms with E-state index in [-0.39, 0.29) is 30.6 Å². The van der Waals surface area contributed by atoms with Crippen molar-refractivity contribution in [1.82, 2.24) is 19.1 Å². The van der Waals surface area contributed by atoms with Crippen molar-refractivity contribution in [3.63, 3.8) is 0 Å². The number of nitrogens with zero attached hydrogens (tertiary/aromatic N) is 2. The van der Waals surface area contributed by atoms with Gasteiger partial charge in [-0.05, 0) is 12.8 Å². The Morgan fingerprint density at radius 1 is 0.966 bits per heavy atom. The van der Waals surface area contributed by atoms with Gasteiger partial charge in [0.1, 0.15) is 24.0 Å². The maximum Gasteiger partial charge on any atom is 0.330 e. The first-order valence-corrected chi connectivity index (χ1v) is 10.4. The normalized spacial score (nSPS) is 15.5. The van der Waals surface area contributed by atoms with Crippen LogP contribution in [0.3, 0.4) is 0 Å². The molecule has 2 aromatic heterocycles. The van der Waals surface area contributed by atoms with Gasteiger partial charge in [0, 0.05) is 12.7 Å². The fraction of sp³-hybridized carbons (Fsp3) is 0.643. The Kier molecular flexibility index (Phi) is 7.35. The Hall–Kier alpha value is -2.06. The van der Waals surface area contributed by atoms with Gasteiger partial charge in [-0.3, -0.25) is 28.5 Å². The molecule has 164 valence electrons. The largest absolute Gasteiger partial charge is 0.394 e. The maximum absolute atomic E-state index is 12.7. The van der Waals surface area contributed by atoms with E-state index in [2.05, 4.69) is 4.98 Å². The molecule has 2 rings (SSSR count). The topological polar surface area (TPSA) is 231 Å². The third-order valence-electron chi connectivity index (χ3n) is 4.33. The minimum absolute atomic E-state index is 0.0642. The first-order chi connectivity index (χ1) is 13.5. The van der Waals surface area contributed by atoms with Gasteiger partial charge in [-0.2, -0.15) is 0 Å². The highest BCUT2D eigenvalue weighted by Crippen LogP contribution is 2.35. The van der Waals surface area contributed by atoms with Gasteiger partial charge in [-0.25, -0.2) is 9.59 Å². The number of H-pyrrole nitrogens is 2. The summed E-state index contributed by atoms with van der Waals surface area (Å²) in [7, 11) is -4.21. The molecular weight excluding hydrogens is 415 g/mol. The minimum Gasteiger partial charge on any atom is -0.394 e. The van der Waals surface area contributed by atoms with Gasteiger partial charge in [0.05, 0.1) is 13.2 Å². The Morgan fingerprint density at radius 2 is 1.62 bits per heavy atom. The average Bonchev–Trinajstić information content (AvgIpc) is 2.88. The second-order valence-electron chi connectivity index (χ2n) is 6.55. The number of imidazole rings is 1. The van der Waals surface area contributed by atoms with Crippen LogP contribution < -0.4 is 16.9 Å². The molecule has 0 fully saturated rings. The van der Waals surface area contributed by atoms with Crippen molar-refractivity contribution in [1.29, 1.82) is 0 Å². The summed E-state index contributed by atoms with van der Waals surface area (Å²) in [6, 6.07) is 0. The Labute approximate surface area is 161 Å². The van der Waals surface area contributed by atoms with Gasteiger partial charge in [0.25, 0.3) is 5.56 Å². The van der Waals surface area contributed by atoms with Crippen molar-refractivity contribution in [3.8, 4) is 0 Å². The lowest BCUT2D eigenvalue weighted by Crippen LogP contribution is -2.43. The molecule has 15 heteroatoms. The van der Waals surface area contributed by atoms with Crippen LogP contribution in [0.15, 0.2) is 14.4 Å². The summed E-state index contributed by atoms with van der Waals surface area (Å²) in [5.41, 5.74) is -3.09. The molecule has 0 saturated heterocycles. The summed E-state index contributed by atoms with van der Waals surface area (Å²) in [6.45, 7) is -1.55. The molecule has 0 bridgehead atoms. The highest BCUT2D eigenvalue weighted by atomic mass is 31.2. The SMILES string of the molecule is O=c1[nH]c(=O)c2c([nH]1)n(C[C@H](O)[C@H](O)[C@H](O)CO)c(=O)n2CCCCP(=O)(O)O. The number of nitrogens with one attached hydrogen (secondary N) is 2. The lowest BCUT2D eigenvalue weighted by Gasteiger charge is -2.21. The highest BCUT2D eigenvalue weighted by Gasteiger charge is 2.27. The number of fused-ring (bicyclic) bond motifs is 1. The van der Waals surface area contributed by atoms with Crippen LogP contribution in [0.2, 0.25) is 0 Å². The number of aryl methyl sites for hydroxylation is 1. The van der Waals surface area contributed by atoms with Crippen LogP contribution in [0.25, 0.3) is 11.2 Å². The van der Waals surface area contributed by atoms with E-state index in [1.807, 2.05) is 4.98 Å². The lowest BCUT2D eigenvalue weighted by atomic mass is 10.1. The zero-order chi connectivity index (χ0) is 21.9. The number of aliphatic hydroxyl groups excluding tert-OH is 4. The van der Waals surface area contributed by atoms with E-state index >= 15 is 0 Å². The fourth-order valence-electron chi connectivity index (χ4n) is 2.87. The molecule has 0 unspecified atom stereocenters. The van der Waals surface area contributed by atoms with E-state index in [0.29, 0.717) is 0 Å². The molecule has 0 aromatic carbocycles. The summed E-state index contributed by atoms with van der Waals surface area (Å²) >= 11 is 0. The van der Waals surface area contributed by atoms with Gasteiger partial charge >= 0.3 is 19.0 Å². The first-order valence-electron chi connectivity index (χ1n) is 8.61. The zero-order valence-electron chi connectivity index (χ0n) is 15.1. The predicted octanol–water partition coefficient (Wildman–Crippen LogP) is -3.79. The number of unbranched alkanes of at least 4 members (excludes halogenated alkanes) is 1. The van der Waals surface area contributed by atoms with E-state index < -0.39 is 62.2 Å². The average molecular weight is 438 g/mol. The monoisotopic (exact) mass is 438 g/mol. The number of rotatable bonds is 10. The zero-order valence-corrected chi connectivity index (χ0v) is 16.0. The molecule has 0 saturated carbocycles. The third-order valence-corrected chi connectivity index (χ3v) is 5.23. The van der Waals surface area contributed by atoms with Crippen LogP contribution >= 0.6 is 7.60 Å². The molecule has 14 nitrogen and oxygen atoms in total. The molecule has 0 aliphatic carbocycles. The van der Waals surface area contributed by atoms with Gasteiger partial charge in [0.15, 0.2) is 5.52 Å². The molecule has 2 heterocycles. The molecule has 0 aliphatic heterocycles. The summed E-state index contributed by atoms with van der Waals surface area (Å²) in [4.78, 5) is 58.6. The number of aromatic nitrogens is 4. The van der Waals surface area contributed by atoms with Crippen LogP contribution in [0, 0.1) is 0 Å². The molecule has 0 radical (unpaired) electrons. The molecule has 29 heavy (non-hydrogen) atoms. The Morgan fingerprint density at radius 3 is 2.21 bits per heavy atom. The number of aromatic amines is 2. The van der Waals surface area contributed by atoms with E-state index in [1.54, 1.807) is 0 Å². The van der Waals surface area contributed by atoms with Crippen molar-refractivity contribution in [2.24, 2.45) is 0 Å². The summed E-state index contributed by atoms with van der Waals surface area (Å²) in [5, 5.41) is 38.1. The van der Waals surface area contributed by atoms with Gasteiger partial charge < -0.3 is 30.2 Å². The highest BCUT2D eigenvalue weighted by molar-refractivity contribution is 7.51. The van der Waals surface area contributed by atoms with E-state index in [9.17, 15) is 34.3 Å². The van der Waals surface area contributed by atoms with Gasteiger partial charge in [-0.1, -0.05) is 0 Å². The fourth-order valence-corrected chi connectivity index (χ4v) is 3.51. The van der Waals surface area contributed by atoms with Crippen LogP contribution in [0.1, 0.15) is 12.8 Å². The molecule has 0 amide bonds. The van der Waals surface area contributed by atoms with Crippen LogP contribution in [-0.4, -0.2) is 80.4 Å². The van der Waals surface area contributed by atoms with Crippen LogP contribution in [0.4, 0.5) is 0 Å². The van der Waals surface area contributed by atoms with Crippen molar-refractivity contribution in [2.75, 3.05) is 12.8 Å². The van der Waals surface area contributed by atoms with Crippen molar-refractivity contribution < 1.29 is 34.8 Å². The minimum atomic E-state index is -4.21.